The standard InChI is InChI=1S/C29H23N3O4/c1-35-24-11-5-18(6-12-24)28(33)30-22-9-3-20-15-21-4-10-23(17-27(21)32-26(20)16-22)31-29(34)19-7-13-25(36-2)14-8-19/h3-17H,1-2H3,(H,30,33)(H,31,34). The van der Waals surface area contributed by atoms with Crippen LogP contribution in [0.5, 0.6) is 11.5 Å². The van der Waals surface area contributed by atoms with Crippen molar-refractivity contribution < 1.29 is 19.1 Å². The van der Waals surface area contributed by atoms with Gasteiger partial charge in [-0.25, -0.2) is 4.98 Å². The van der Waals surface area contributed by atoms with Gasteiger partial charge in [0.05, 0.1) is 25.3 Å². The van der Waals surface area contributed by atoms with Gasteiger partial charge in [-0.05, 0) is 78.9 Å². The fourth-order valence-electron chi connectivity index (χ4n) is 3.87. The van der Waals surface area contributed by atoms with Crippen molar-refractivity contribution in [2.45, 2.75) is 0 Å². The van der Waals surface area contributed by atoms with Crippen LogP contribution in [0.1, 0.15) is 20.7 Å². The number of rotatable bonds is 6. The quantitative estimate of drug-likeness (QED) is 0.297. The van der Waals surface area contributed by atoms with Gasteiger partial charge in [-0.15, -0.1) is 0 Å². The average molecular weight is 478 g/mol. The number of nitrogens with zero attached hydrogens (tertiary/aromatic N) is 1. The Morgan fingerprint density at radius 1 is 0.583 bits per heavy atom. The zero-order valence-corrected chi connectivity index (χ0v) is 19.7. The van der Waals surface area contributed by atoms with Crippen LogP contribution in [0.3, 0.4) is 0 Å². The second-order valence-corrected chi connectivity index (χ2v) is 8.17. The van der Waals surface area contributed by atoms with Crippen LogP contribution < -0.4 is 20.1 Å². The maximum atomic E-state index is 12.6. The first kappa shape index (κ1) is 22.9. The average Bonchev–Trinajstić information content (AvgIpc) is 2.92. The van der Waals surface area contributed by atoms with Crippen LogP contribution in [0, 0.1) is 0 Å². The van der Waals surface area contributed by atoms with Crippen molar-refractivity contribution in [2.75, 3.05) is 24.9 Å². The molecule has 0 aliphatic carbocycles. The summed E-state index contributed by atoms with van der Waals surface area (Å²) in [6, 6.07) is 27.1. The predicted octanol–water partition coefficient (Wildman–Crippen LogP) is 5.91. The SMILES string of the molecule is COc1ccc(C(=O)Nc2ccc3cc4ccc(NC(=O)c5ccc(OC)cc5)cc4nc3c2)cc1. The Bertz CT molecular complexity index is 1460. The third kappa shape index (κ3) is 4.81. The van der Waals surface area contributed by atoms with E-state index in [1.807, 2.05) is 42.5 Å². The number of carbonyl (C=O) groups is 2. The first-order valence-corrected chi connectivity index (χ1v) is 11.3. The fraction of sp³-hybridized carbons (Fsp3) is 0.0690. The summed E-state index contributed by atoms with van der Waals surface area (Å²) < 4.78 is 10.3. The maximum absolute atomic E-state index is 12.6. The van der Waals surface area contributed by atoms with Gasteiger partial charge in [0.25, 0.3) is 11.8 Å². The number of hydrogen-bond acceptors (Lipinski definition) is 5. The van der Waals surface area contributed by atoms with Gasteiger partial charge in [0.1, 0.15) is 11.5 Å². The molecule has 2 amide bonds. The third-order valence-corrected chi connectivity index (χ3v) is 5.83. The largest absolute Gasteiger partial charge is 0.497 e. The van der Waals surface area contributed by atoms with Crippen molar-refractivity contribution in [1.29, 1.82) is 0 Å². The van der Waals surface area contributed by atoms with E-state index >= 15 is 0 Å². The van der Waals surface area contributed by atoms with Gasteiger partial charge in [0.2, 0.25) is 0 Å². The Labute approximate surface area is 207 Å². The van der Waals surface area contributed by atoms with Gasteiger partial charge in [0, 0.05) is 33.3 Å². The molecule has 1 heterocycles. The molecule has 5 aromatic rings. The number of amides is 2. The predicted molar refractivity (Wildman–Crippen MR) is 141 cm³/mol. The molecule has 7 nitrogen and oxygen atoms in total. The van der Waals surface area contributed by atoms with Crippen molar-refractivity contribution in [3.05, 3.63) is 102 Å². The topological polar surface area (TPSA) is 89.6 Å². The summed E-state index contributed by atoms with van der Waals surface area (Å²) in [5, 5.41) is 7.72. The lowest BCUT2D eigenvalue weighted by molar-refractivity contribution is 0.101. The van der Waals surface area contributed by atoms with Crippen LogP contribution >= 0.6 is 0 Å². The van der Waals surface area contributed by atoms with Gasteiger partial charge in [-0.3, -0.25) is 9.59 Å². The number of fused-ring (bicyclic) bond motifs is 2. The molecule has 0 unspecified atom stereocenters. The number of ether oxygens (including phenoxy) is 2. The Kier molecular flexibility index (Phi) is 6.19. The summed E-state index contributed by atoms with van der Waals surface area (Å²) in [5.74, 6) is 0.934. The molecule has 0 aliphatic heterocycles. The fourth-order valence-corrected chi connectivity index (χ4v) is 3.87. The summed E-state index contributed by atoms with van der Waals surface area (Å²) in [6.07, 6.45) is 0. The highest BCUT2D eigenvalue weighted by Crippen LogP contribution is 2.25. The van der Waals surface area contributed by atoms with Crippen molar-refractivity contribution in [1.82, 2.24) is 4.98 Å². The van der Waals surface area contributed by atoms with E-state index in [1.54, 1.807) is 62.8 Å². The lowest BCUT2D eigenvalue weighted by atomic mass is 10.1. The zero-order chi connectivity index (χ0) is 25.1. The molecule has 7 heteroatoms. The van der Waals surface area contributed by atoms with Crippen molar-refractivity contribution in [3.63, 3.8) is 0 Å². The molecule has 178 valence electrons. The van der Waals surface area contributed by atoms with Gasteiger partial charge in [-0.2, -0.15) is 0 Å². The molecule has 0 bridgehead atoms. The van der Waals surface area contributed by atoms with Gasteiger partial charge < -0.3 is 20.1 Å². The lowest BCUT2D eigenvalue weighted by Gasteiger charge is -2.09. The number of benzene rings is 4. The van der Waals surface area contributed by atoms with Crippen LogP contribution in [0.2, 0.25) is 0 Å². The summed E-state index contributed by atoms with van der Waals surface area (Å²) in [4.78, 5) is 30.1. The molecule has 2 N–H and O–H groups in total. The monoisotopic (exact) mass is 477 g/mol. The second kappa shape index (κ2) is 9.76. The number of aromatic nitrogens is 1. The minimum Gasteiger partial charge on any atom is -0.497 e. The molecule has 1 aromatic heterocycles. The summed E-state index contributed by atoms with van der Waals surface area (Å²) >= 11 is 0. The number of methoxy groups -OCH3 is 2. The third-order valence-electron chi connectivity index (χ3n) is 5.83. The minimum absolute atomic E-state index is 0.221. The van der Waals surface area contributed by atoms with Crippen molar-refractivity contribution in [3.8, 4) is 11.5 Å². The Balaban J connectivity index is 1.37. The van der Waals surface area contributed by atoms with E-state index < -0.39 is 0 Å². The maximum Gasteiger partial charge on any atom is 0.255 e. The first-order valence-electron chi connectivity index (χ1n) is 11.3. The molecule has 0 saturated heterocycles. The Hall–Kier alpha value is -4.91. The normalized spacial score (nSPS) is 10.7. The van der Waals surface area contributed by atoms with Gasteiger partial charge in [-0.1, -0.05) is 12.1 Å². The first-order chi connectivity index (χ1) is 17.5. The number of carbonyl (C=O) groups excluding carboxylic acids is 2. The smallest absolute Gasteiger partial charge is 0.255 e. The van der Waals surface area contributed by atoms with Crippen molar-refractivity contribution >= 4 is 45.0 Å². The second-order valence-electron chi connectivity index (χ2n) is 8.17. The molecule has 0 spiro atoms. The van der Waals surface area contributed by atoms with E-state index in [0.717, 1.165) is 21.8 Å². The van der Waals surface area contributed by atoms with Crippen LogP contribution in [0.4, 0.5) is 11.4 Å². The highest BCUT2D eigenvalue weighted by Gasteiger charge is 2.10. The molecule has 0 atom stereocenters. The van der Waals surface area contributed by atoms with E-state index in [-0.39, 0.29) is 11.8 Å². The summed E-state index contributed by atoms with van der Waals surface area (Å²) in [6.45, 7) is 0. The van der Waals surface area contributed by atoms with Gasteiger partial charge in [0.15, 0.2) is 0 Å². The number of hydrogen-bond donors (Lipinski definition) is 2. The molecular weight excluding hydrogens is 454 g/mol. The number of pyridine rings is 1. The molecule has 0 aliphatic rings. The lowest BCUT2D eigenvalue weighted by Crippen LogP contribution is -2.12. The highest BCUT2D eigenvalue weighted by atomic mass is 16.5. The highest BCUT2D eigenvalue weighted by molar-refractivity contribution is 6.07. The summed E-state index contributed by atoms with van der Waals surface area (Å²) in [7, 11) is 3.16. The van der Waals surface area contributed by atoms with Crippen LogP contribution in [0.25, 0.3) is 21.8 Å². The van der Waals surface area contributed by atoms with Crippen LogP contribution in [-0.2, 0) is 0 Å². The molecule has 5 rings (SSSR count). The van der Waals surface area contributed by atoms with Crippen molar-refractivity contribution in [2.24, 2.45) is 0 Å². The Morgan fingerprint density at radius 3 is 1.39 bits per heavy atom. The van der Waals surface area contributed by atoms with Crippen LogP contribution in [0.15, 0.2) is 91.0 Å². The molecule has 4 aromatic carbocycles. The molecule has 0 saturated carbocycles. The number of anilines is 2. The van der Waals surface area contributed by atoms with Gasteiger partial charge >= 0.3 is 0 Å². The van der Waals surface area contributed by atoms with E-state index in [2.05, 4.69) is 10.6 Å². The number of nitrogens with one attached hydrogen (secondary N) is 2. The van der Waals surface area contributed by atoms with E-state index in [4.69, 9.17) is 14.5 Å². The zero-order valence-electron chi connectivity index (χ0n) is 19.7. The summed E-state index contributed by atoms with van der Waals surface area (Å²) in [5.41, 5.74) is 3.79. The molecule has 36 heavy (non-hydrogen) atoms. The van der Waals surface area contributed by atoms with E-state index in [0.29, 0.717) is 34.0 Å². The molecule has 0 radical (unpaired) electrons. The van der Waals surface area contributed by atoms with E-state index in [1.165, 1.54) is 0 Å². The molecular formula is C29H23N3O4. The minimum atomic E-state index is -0.221. The molecule has 0 fully saturated rings. The van der Waals surface area contributed by atoms with E-state index in [9.17, 15) is 9.59 Å². The van der Waals surface area contributed by atoms with Crippen LogP contribution in [-0.4, -0.2) is 31.0 Å². The Morgan fingerprint density at radius 2 is 1.00 bits per heavy atom.